The van der Waals surface area contributed by atoms with E-state index in [4.69, 9.17) is 4.42 Å². The molecule has 0 aliphatic carbocycles. The summed E-state index contributed by atoms with van der Waals surface area (Å²) in [4.78, 5) is 6.94. The zero-order valence-corrected chi connectivity index (χ0v) is 19.3. The number of benzene rings is 1. The van der Waals surface area contributed by atoms with Crippen LogP contribution in [0.3, 0.4) is 0 Å². The summed E-state index contributed by atoms with van der Waals surface area (Å²) in [7, 11) is 1.81. The standard InChI is InChI=1S/C22H32N4O.HI/c1-18-8-5-6-14-26(18)17-20-10-4-3-9-19(20)16-25-22(23-2)24-13-12-21-11-7-15-27-21;/h3-4,7,9-11,15,18H,5-6,8,12-14,16-17H2,1-2H3,(H2,23,24,25);1H. The summed E-state index contributed by atoms with van der Waals surface area (Å²) >= 11 is 0. The molecule has 154 valence electrons. The Balaban J connectivity index is 0.00000280. The fourth-order valence-electron chi connectivity index (χ4n) is 3.65. The maximum Gasteiger partial charge on any atom is 0.191 e. The Bertz CT molecular complexity index is 717. The number of rotatable bonds is 7. The molecule has 28 heavy (non-hydrogen) atoms. The summed E-state index contributed by atoms with van der Waals surface area (Å²) in [6.45, 7) is 6.16. The van der Waals surface area contributed by atoms with Crippen molar-refractivity contribution in [2.75, 3.05) is 20.1 Å². The van der Waals surface area contributed by atoms with E-state index in [1.165, 1.54) is 36.9 Å². The van der Waals surface area contributed by atoms with Gasteiger partial charge in [0.05, 0.1) is 6.26 Å². The molecule has 1 saturated heterocycles. The molecule has 1 aromatic carbocycles. The fraction of sp³-hybridized carbons (Fsp3) is 0.500. The lowest BCUT2D eigenvalue weighted by Gasteiger charge is -2.33. The number of hydrogen-bond donors (Lipinski definition) is 2. The molecule has 0 radical (unpaired) electrons. The van der Waals surface area contributed by atoms with Crippen molar-refractivity contribution < 1.29 is 4.42 Å². The van der Waals surface area contributed by atoms with E-state index in [0.29, 0.717) is 6.04 Å². The van der Waals surface area contributed by atoms with Gasteiger partial charge in [-0.15, -0.1) is 24.0 Å². The van der Waals surface area contributed by atoms with E-state index >= 15 is 0 Å². The lowest BCUT2D eigenvalue weighted by molar-refractivity contribution is 0.152. The van der Waals surface area contributed by atoms with Gasteiger partial charge in [-0.05, 0) is 49.6 Å². The second kappa shape index (κ2) is 12.1. The van der Waals surface area contributed by atoms with Crippen LogP contribution in [0, 0.1) is 0 Å². The fourth-order valence-corrected chi connectivity index (χ4v) is 3.65. The molecule has 2 N–H and O–H groups in total. The van der Waals surface area contributed by atoms with Gasteiger partial charge in [0, 0.05) is 39.1 Å². The van der Waals surface area contributed by atoms with Crippen molar-refractivity contribution >= 4 is 29.9 Å². The molecule has 0 bridgehead atoms. The molecule has 2 aromatic rings. The predicted molar refractivity (Wildman–Crippen MR) is 126 cm³/mol. The van der Waals surface area contributed by atoms with Gasteiger partial charge in [0.2, 0.25) is 0 Å². The normalized spacial score (nSPS) is 17.8. The number of piperidine rings is 1. The Morgan fingerprint density at radius 1 is 1.14 bits per heavy atom. The first kappa shape index (κ1) is 22.7. The molecular weight excluding hydrogens is 463 g/mol. The van der Waals surface area contributed by atoms with Crippen LogP contribution in [0.4, 0.5) is 0 Å². The van der Waals surface area contributed by atoms with Crippen LogP contribution < -0.4 is 10.6 Å². The summed E-state index contributed by atoms with van der Waals surface area (Å²) in [6, 6.07) is 13.3. The maximum absolute atomic E-state index is 5.37. The van der Waals surface area contributed by atoms with Gasteiger partial charge >= 0.3 is 0 Å². The van der Waals surface area contributed by atoms with Crippen LogP contribution in [0.25, 0.3) is 0 Å². The molecule has 1 aliphatic heterocycles. The van der Waals surface area contributed by atoms with Gasteiger partial charge < -0.3 is 15.1 Å². The largest absolute Gasteiger partial charge is 0.469 e. The second-order valence-electron chi connectivity index (χ2n) is 7.27. The zero-order valence-electron chi connectivity index (χ0n) is 17.0. The highest BCUT2D eigenvalue weighted by Crippen LogP contribution is 2.20. The van der Waals surface area contributed by atoms with E-state index in [2.05, 4.69) is 51.7 Å². The van der Waals surface area contributed by atoms with Crippen LogP contribution >= 0.6 is 24.0 Å². The quantitative estimate of drug-likeness (QED) is 0.343. The maximum atomic E-state index is 5.37. The summed E-state index contributed by atoms with van der Waals surface area (Å²) in [6.07, 6.45) is 6.55. The molecule has 1 atom stereocenters. The number of aliphatic imine (C=N–C) groups is 1. The molecular formula is C22H33IN4O. The molecule has 6 heteroatoms. The van der Waals surface area contributed by atoms with Crippen molar-refractivity contribution in [1.82, 2.24) is 15.5 Å². The van der Waals surface area contributed by atoms with Gasteiger partial charge in [-0.1, -0.05) is 30.7 Å². The van der Waals surface area contributed by atoms with Crippen molar-refractivity contribution in [3.05, 3.63) is 59.5 Å². The number of nitrogens with one attached hydrogen (secondary N) is 2. The van der Waals surface area contributed by atoms with Crippen LogP contribution in [0.15, 0.2) is 52.1 Å². The molecule has 0 spiro atoms. The van der Waals surface area contributed by atoms with Crippen LogP contribution in [0.5, 0.6) is 0 Å². The Kier molecular flexibility index (Phi) is 9.84. The minimum atomic E-state index is 0. The zero-order chi connectivity index (χ0) is 18.9. The second-order valence-corrected chi connectivity index (χ2v) is 7.27. The Labute approximate surface area is 186 Å². The van der Waals surface area contributed by atoms with E-state index in [9.17, 15) is 0 Å². The molecule has 1 unspecified atom stereocenters. The number of guanidine groups is 1. The highest BCUT2D eigenvalue weighted by Gasteiger charge is 2.19. The number of nitrogens with zero attached hydrogens (tertiary/aromatic N) is 2. The van der Waals surface area contributed by atoms with E-state index in [1.807, 2.05) is 19.2 Å². The van der Waals surface area contributed by atoms with E-state index in [-0.39, 0.29) is 24.0 Å². The Morgan fingerprint density at radius 2 is 1.96 bits per heavy atom. The highest BCUT2D eigenvalue weighted by atomic mass is 127. The topological polar surface area (TPSA) is 52.8 Å². The molecule has 0 saturated carbocycles. The summed E-state index contributed by atoms with van der Waals surface area (Å²) in [5, 5.41) is 6.80. The summed E-state index contributed by atoms with van der Waals surface area (Å²) in [5.74, 6) is 1.81. The average Bonchev–Trinajstić information content (AvgIpc) is 3.21. The third-order valence-electron chi connectivity index (χ3n) is 5.35. The third kappa shape index (κ3) is 6.81. The smallest absolute Gasteiger partial charge is 0.191 e. The van der Waals surface area contributed by atoms with Crippen LogP contribution in [-0.2, 0) is 19.5 Å². The first-order valence-corrected chi connectivity index (χ1v) is 10.0. The van der Waals surface area contributed by atoms with E-state index in [1.54, 1.807) is 6.26 Å². The van der Waals surface area contributed by atoms with Gasteiger partial charge in [-0.3, -0.25) is 9.89 Å². The Morgan fingerprint density at radius 3 is 2.68 bits per heavy atom. The highest BCUT2D eigenvalue weighted by molar-refractivity contribution is 14.0. The first-order chi connectivity index (χ1) is 13.3. The van der Waals surface area contributed by atoms with Gasteiger partial charge in [0.15, 0.2) is 5.96 Å². The molecule has 1 aliphatic rings. The van der Waals surface area contributed by atoms with Crippen LogP contribution in [0.2, 0.25) is 0 Å². The first-order valence-electron chi connectivity index (χ1n) is 10.0. The van der Waals surface area contributed by atoms with Crippen molar-refractivity contribution in [2.45, 2.75) is 51.7 Å². The molecule has 0 amide bonds. The Hall–Kier alpha value is -1.54. The number of likely N-dealkylation sites (tertiary alicyclic amines) is 1. The monoisotopic (exact) mass is 496 g/mol. The van der Waals surface area contributed by atoms with Crippen LogP contribution in [0.1, 0.15) is 43.1 Å². The van der Waals surface area contributed by atoms with Gasteiger partial charge in [-0.2, -0.15) is 0 Å². The van der Waals surface area contributed by atoms with Crippen LogP contribution in [-0.4, -0.2) is 37.0 Å². The van der Waals surface area contributed by atoms with Crippen molar-refractivity contribution in [3.8, 4) is 0 Å². The molecule has 5 nitrogen and oxygen atoms in total. The number of hydrogen-bond acceptors (Lipinski definition) is 3. The van der Waals surface area contributed by atoms with Gasteiger partial charge in [0.1, 0.15) is 5.76 Å². The summed E-state index contributed by atoms with van der Waals surface area (Å²) < 4.78 is 5.37. The minimum Gasteiger partial charge on any atom is -0.469 e. The molecule has 2 heterocycles. The minimum absolute atomic E-state index is 0. The predicted octanol–water partition coefficient (Wildman–Crippen LogP) is 4.18. The van der Waals surface area contributed by atoms with Gasteiger partial charge in [-0.25, -0.2) is 0 Å². The van der Waals surface area contributed by atoms with E-state index in [0.717, 1.165) is 37.8 Å². The van der Waals surface area contributed by atoms with Crippen molar-refractivity contribution in [2.24, 2.45) is 4.99 Å². The average molecular weight is 496 g/mol. The van der Waals surface area contributed by atoms with E-state index < -0.39 is 0 Å². The lowest BCUT2D eigenvalue weighted by atomic mass is 10.0. The van der Waals surface area contributed by atoms with Crippen molar-refractivity contribution in [3.63, 3.8) is 0 Å². The summed E-state index contributed by atoms with van der Waals surface area (Å²) in [5.41, 5.74) is 2.74. The number of halogens is 1. The molecule has 1 fully saturated rings. The SMILES string of the molecule is CN=C(NCCc1ccco1)NCc1ccccc1CN1CCCCC1C.I. The third-order valence-corrected chi connectivity index (χ3v) is 5.35. The number of furan rings is 1. The molecule has 1 aromatic heterocycles. The molecule has 3 rings (SSSR count). The van der Waals surface area contributed by atoms with Crippen molar-refractivity contribution in [1.29, 1.82) is 0 Å². The van der Waals surface area contributed by atoms with Gasteiger partial charge in [0.25, 0.3) is 0 Å². The lowest BCUT2D eigenvalue weighted by Crippen LogP contribution is -2.39.